The van der Waals surface area contributed by atoms with E-state index in [0.29, 0.717) is 6.42 Å². The summed E-state index contributed by atoms with van der Waals surface area (Å²) in [5, 5.41) is 8.58. The van der Waals surface area contributed by atoms with Crippen LogP contribution in [0.15, 0.2) is 29.3 Å². The SMILES string of the molecule is NC(N)=Nc1ccc(OCCCCCCCCCCCCCCCC(=O)O)cc1. The van der Waals surface area contributed by atoms with Gasteiger partial charge in [0.2, 0.25) is 0 Å². The van der Waals surface area contributed by atoms with E-state index in [1.165, 1.54) is 64.2 Å². The van der Waals surface area contributed by atoms with Gasteiger partial charge in [-0.1, -0.05) is 70.6 Å². The van der Waals surface area contributed by atoms with Gasteiger partial charge < -0.3 is 21.3 Å². The topological polar surface area (TPSA) is 111 Å². The average molecular weight is 406 g/mol. The average Bonchev–Trinajstić information content (AvgIpc) is 2.68. The highest BCUT2D eigenvalue weighted by molar-refractivity contribution is 5.79. The number of aliphatic imine (C=N–C) groups is 1. The molecule has 0 spiro atoms. The van der Waals surface area contributed by atoms with E-state index in [-0.39, 0.29) is 5.96 Å². The number of ether oxygens (including phenoxy) is 1. The smallest absolute Gasteiger partial charge is 0.303 e. The second kappa shape index (κ2) is 16.7. The number of nitrogens with zero attached hydrogens (tertiary/aromatic N) is 1. The quantitative estimate of drug-likeness (QED) is 0.169. The van der Waals surface area contributed by atoms with E-state index in [9.17, 15) is 4.79 Å². The van der Waals surface area contributed by atoms with Gasteiger partial charge in [-0.05, 0) is 37.1 Å². The standard InChI is InChI=1S/C23H39N3O3/c24-23(25)26-20-15-17-21(18-16-20)29-19-13-11-9-7-5-3-1-2-4-6-8-10-12-14-22(27)28/h15-18H,1-14,19H2,(H,27,28)(H4,24,25,26). The summed E-state index contributed by atoms with van der Waals surface area (Å²) in [4.78, 5) is 14.4. The summed E-state index contributed by atoms with van der Waals surface area (Å²) in [6.45, 7) is 0.744. The zero-order valence-electron chi connectivity index (χ0n) is 17.8. The third-order valence-electron chi connectivity index (χ3n) is 4.90. The fourth-order valence-electron chi connectivity index (χ4n) is 3.28. The third-order valence-corrected chi connectivity index (χ3v) is 4.90. The molecule has 0 heterocycles. The number of aliphatic carboxylic acids is 1. The lowest BCUT2D eigenvalue weighted by atomic mass is 10.0. The van der Waals surface area contributed by atoms with Crippen LogP contribution in [0.4, 0.5) is 5.69 Å². The Hall–Kier alpha value is -2.24. The van der Waals surface area contributed by atoms with Gasteiger partial charge in [0.05, 0.1) is 12.3 Å². The number of hydrogen-bond acceptors (Lipinski definition) is 3. The lowest BCUT2D eigenvalue weighted by Gasteiger charge is -2.06. The van der Waals surface area contributed by atoms with E-state index in [1.807, 2.05) is 24.3 Å². The molecule has 0 saturated heterocycles. The Kier molecular flexibility index (Phi) is 14.3. The molecule has 0 fully saturated rings. The molecule has 1 aromatic rings. The summed E-state index contributed by atoms with van der Waals surface area (Å²) < 4.78 is 5.74. The first kappa shape index (κ1) is 24.8. The molecule has 0 saturated carbocycles. The van der Waals surface area contributed by atoms with Crippen LogP contribution < -0.4 is 16.2 Å². The van der Waals surface area contributed by atoms with Gasteiger partial charge in [-0.25, -0.2) is 4.99 Å². The van der Waals surface area contributed by atoms with Gasteiger partial charge in [-0.2, -0.15) is 0 Å². The molecule has 29 heavy (non-hydrogen) atoms. The minimum Gasteiger partial charge on any atom is -0.494 e. The van der Waals surface area contributed by atoms with Gasteiger partial charge in [0.15, 0.2) is 5.96 Å². The minimum atomic E-state index is -0.673. The van der Waals surface area contributed by atoms with E-state index in [0.717, 1.165) is 37.3 Å². The van der Waals surface area contributed by atoms with Crippen molar-refractivity contribution in [2.45, 2.75) is 89.9 Å². The Labute approximate surface area is 175 Å². The summed E-state index contributed by atoms with van der Waals surface area (Å²) in [6.07, 6.45) is 16.1. The monoisotopic (exact) mass is 405 g/mol. The van der Waals surface area contributed by atoms with E-state index in [4.69, 9.17) is 21.3 Å². The lowest BCUT2D eigenvalue weighted by molar-refractivity contribution is -0.137. The van der Waals surface area contributed by atoms with Crippen LogP contribution in [0.3, 0.4) is 0 Å². The van der Waals surface area contributed by atoms with Gasteiger partial charge >= 0.3 is 5.97 Å². The first-order valence-electron chi connectivity index (χ1n) is 11.1. The Morgan fingerprint density at radius 3 is 1.66 bits per heavy atom. The maximum atomic E-state index is 10.4. The van der Waals surface area contributed by atoms with Crippen LogP contribution >= 0.6 is 0 Å². The number of guanidine groups is 1. The van der Waals surface area contributed by atoms with Crippen LogP contribution in [0.1, 0.15) is 89.9 Å². The van der Waals surface area contributed by atoms with Crippen molar-refractivity contribution in [2.75, 3.05) is 6.61 Å². The van der Waals surface area contributed by atoms with E-state index < -0.39 is 5.97 Å². The second-order valence-electron chi connectivity index (χ2n) is 7.62. The summed E-state index contributed by atoms with van der Waals surface area (Å²) in [7, 11) is 0. The fraction of sp³-hybridized carbons (Fsp3) is 0.652. The van der Waals surface area contributed by atoms with Crippen molar-refractivity contribution in [2.24, 2.45) is 16.5 Å². The van der Waals surface area contributed by atoms with E-state index in [1.54, 1.807) is 0 Å². The van der Waals surface area contributed by atoms with Crippen molar-refractivity contribution >= 4 is 17.6 Å². The minimum absolute atomic E-state index is 0.0589. The zero-order valence-corrected chi connectivity index (χ0v) is 17.8. The van der Waals surface area contributed by atoms with Crippen molar-refractivity contribution < 1.29 is 14.6 Å². The number of carboxylic acid groups (broad SMARTS) is 1. The third kappa shape index (κ3) is 15.4. The Morgan fingerprint density at radius 1 is 0.759 bits per heavy atom. The highest BCUT2D eigenvalue weighted by atomic mass is 16.5. The molecule has 1 rings (SSSR count). The highest BCUT2D eigenvalue weighted by Crippen LogP contribution is 2.18. The Balaban J connectivity index is 1.83. The van der Waals surface area contributed by atoms with Gasteiger partial charge in [-0.15, -0.1) is 0 Å². The van der Waals surface area contributed by atoms with Gasteiger partial charge in [0, 0.05) is 6.42 Å². The maximum Gasteiger partial charge on any atom is 0.303 e. The van der Waals surface area contributed by atoms with Crippen molar-refractivity contribution in [1.82, 2.24) is 0 Å². The molecule has 0 aliphatic heterocycles. The van der Waals surface area contributed by atoms with Crippen molar-refractivity contribution in [3.8, 4) is 5.75 Å². The molecule has 1 aromatic carbocycles. The first-order valence-corrected chi connectivity index (χ1v) is 11.1. The lowest BCUT2D eigenvalue weighted by Crippen LogP contribution is -2.21. The molecule has 0 aromatic heterocycles. The number of carboxylic acids is 1. The van der Waals surface area contributed by atoms with Crippen LogP contribution in [0.5, 0.6) is 5.75 Å². The normalized spacial score (nSPS) is 10.6. The largest absolute Gasteiger partial charge is 0.494 e. The molecular formula is C23H39N3O3. The number of nitrogens with two attached hydrogens (primary N) is 2. The molecule has 0 amide bonds. The van der Waals surface area contributed by atoms with Crippen LogP contribution in [0.2, 0.25) is 0 Å². The molecule has 164 valence electrons. The van der Waals surface area contributed by atoms with Crippen LogP contribution in [-0.4, -0.2) is 23.6 Å². The van der Waals surface area contributed by atoms with Gasteiger partial charge in [0.1, 0.15) is 5.75 Å². The molecule has 6 heteroatoms. The molecule has 6 nitrogen and oxygen atoms in total. The molecular weight excluding hydrogens is 366 g/mol. The van der Waals surface area contributed by atoms with Crippen molar-refractivity contribution in [1.29, 1.82) is 0 Å². The van der Waals surface area contributed by atoms with E-state index >= 15 is 0 Å². The summed E-state index contributed by atoms with van der Waals surface area (Å²) in [6, 6.07) is 7.46. The fourth-order valence-corrected chi connectivity index (χ4v) is 3.28. The van der Waals surface area contributed by atoms with Crippen LogP contribution in [0.25, 0.3) is 0 Å². The highest BCUT2D eigenvalue weighted by Gasteiger charge is 1.98. The molecule has 0 radical (unpaired) electrons. The van der Waals surface area contributed by atoms with Crippen molar-refractivity contribution in [3.63, 3.8) is 0 Å². The summed E-state index contributed by atoms with van der Waals surface area (Å²) in [5.74, 6) is 0.234. The van der Waals surface area contributed by atoms with Crippen molar-refractivity contribution in [3.05, 3.63) is 24.3 Å². The summed E-state index contributed by atoms with van der Waals surface area (Å²) in [5.41, 5.74) is 11.4. The number of rotatable bonds is 18. The van der Waals surface area contributed by atoms with Gasteiger partial charge in [0.25, 0.3) is 0 Å². The molecule has 0 aliphatic rings. The second-order valence-corrected chi connectivity index (χ2v) is 7.62. The predicted octanol–water partition coefficient (Wildman–Crippen LogP) is 5.52. The molecule has 5 N–H and O–H groups in total. The first-order chi connectivity index (χ1) is 14.1. The number of unbranched alkanes of at least 4 members (excludes halogenated alkanes) is 12. The Bertz CT molecular complexity index is 569. The molecule has 0 atom stereocenters. The van der Waals surface area contributed by atoms with Crippen LogP contribution in [-0.2, 0) is 4.79 Å². The summed E-state index contributed by atoms with van der Waals surface area (Å²) >= 11 is 0. The maximum absolute atomic E-state index is 10.4. The number of benzene rings is 1. The molecule has 0 unspecified atom stereocenters. The Morgan fingerprint density at radius 2 is 1.21 bits per heavy atom. The molecule has 0 aliphatic carbocycles. The van der Waals surface area contributed by atoms with Crippen LogP contribution in [0, 0.1) is 0 Å². The van der Waals surface area contributed by atoms with Gasteiger partial charge in [-0.3, -0.25) is 4.79 Å². The van der Waals surface area contributed by atoms with E-state index in [2.05, 4.69) is 4.99 Å². The number of carbonyl (C=O) groups is 1. The predicted molar refractivity (Wildman–Crippen MR) is 120 cm³/mol. The number of hydrogen-bond donors (Lipinski definition) is 3. The zero-order chi connectivity index (χ0) is 21.2. The molecule has 0 bridgehead atoms.